The largest absolute Gasteiger partial charge is 0.465 e. The van der Waals surface area contributed by atoms with Crippen LogP contribution in [-0.2, 0) is 17.6 Å². The number of carbonyl (C=O) groups excluding carboxylic acids is 1. The number of carbonyl (C=O) groups is 2. The van der Waals surface area contributed by atoms with Gasteiger partial charge >= 0.3 is 6.09 Å². The molecule has 27 heavy (non-hydrogen) atoms. The van der Waals surface area contributed by atoms with Gasteiger partial charge in [0.1, 0.15) is 17.9 Å². The number of hydrogen-bond donors (Lipinski definition) is 1. The molecule has 3 fully saturated rings. The Balaban J connectivity index is 1.53. The molecular formula is C21H21N3O3. The standard InChI is InChI=1S/C21H21N3O3/c25-20-17(13-16-9-5-2-6-10-16)23-14-18(24(20)21(26)27)19(23)22-12-11-15-7-3-1-4-8-15/h1-10,17-18H,11-14H2,(H,26,27). The lowest BCUT2D eigenvalue weighted by atomic mass is 9.90. The van der Waals surface area contributed by atoms with Gasteiger partial charge in [-0.05, 0) is 17.5 Å². The number of nitrogens with zero attached hydrogens (tertiary/aromatic N) is 3. The fourth-order valence-corrected chi connectivity index (χ4v) is 3.77. The van der Waals surface area contributed by atoms with E-state index in [0.717, 1.165) is 16.9 Å². The Morgan fingerprint density at radius 3 is 2.30 bits per heavy atom. The molecule has 5 rings (SSSR count). The highest BCUT2D eigenvalue weighted by Crippen LogP contribution is 2.31. The predicted octanol–water partition coefficient (Wildman–Crippen LogP) is 2.44. The number of imide groups is 1. The van der Waals surface area contributed by atoms with Gasteiger partial charge in [0.2, 0.25) is 0 Å². The molecule has 6 nitrogen and oxygen atoms in total. The molecule has 0 aliphatic carbocycles. The van der Waals surface area contributed by atoms with Gasteiger partial charge in [-0.3, -0.25) is 9.79 Å². The van der Waals surface area contributed by atoms with Crippen LogP contribution < -0.4 is 0 Å². The van der Waals surface area contributed by atoms with E-state index < -0.39 is 18.2 Å². The highest BCUT2D eigenvalue weighted by molar-refractivity contribution is 6.09. The number of hydrogen-bond acceptors (Lipinski definition) is 3. The Morgan fingerprint density at radius 1 is 1.04 bits per heavy atom. The average molecular weight is 363 g/mol. The summed E-state index contributed by atoms with van der Waals surface area (Å²) in [6, 6.07) is 18.8. The van der Waals surface area contributed by atoms with E-state index in [1.54, 1.807) is 0 Å². The van der Waals surface area contributed by atoms with Crippen LogP contribution in [0.2, 0.25) is 0 Å². The third-order valence-corrected chi connectivity index (χ3v) is 5.17. The third kappa shape index (κ3) is 3.30. The van der Waals surface area contributed by atoms with Gasteiger partial charge in [-0.2, -0.15) is 0 Å². The van der Waals surface area contributed by atoms with Gasteiger partial charge in [0.25, 0.3) is 5.91 Å². The number of carboxylic acid groups (broad SMARTS) is 1. The minimum atomic E-state index is -1.20. The molecule has 3 heterocycles. The van der Waals surface area contributed by atoms with Crippen LogP contribution in [0.25, 0.3) is 0 Å². The van der Waals surface area contributed by atoms with Crippen LogP contribution in [0.1, 0.15) is 11.1 Å². The van der Waals surface area contributed by atoms with Gasteiger partial charge in [-0.1, -0.05) is 60.7 Å². The van der Waals surface area contributed by atoms with Crippen molar-refractivity contribution in [1.29, 1.82) is 0 Å². The molecule has 2 bridgehead atoms. The maximum absolute atomic E-state index is 12.7. The summed E-state index contributed by atoms with van der Waals surface area (Å²) in [5.74, 6) is 0.360. The summed E-state index contributed by atoms with van der Waals surface area (Å²) in [5.41, 5.74) is 2.20. The van der Waals surface area contributed by atoms with E-state index in [9.17, 15) is 14.7 Å². The molecule has 6 heteroatoms. The number of amides is 2. The van der Waals surface area contributed by atoms with Crippen LogP contribution in [-0.4, -0.2) is 57.9 Å². The predicted molar refractivity (Wildman–Crippen MR) is 102 cm³/mol. The monoisotopic (exact) mass is 363 g/mol. The van der Waals surface area contributed by atoms with E-state index in [1.165, 1.54) is 5.56 Å². The summed E-state index contributed by atoms with van der Waals surface area (Å²) < 4.78 is 0. The number of rotatable bonds is 5. The summed E-state index contributed by atoms with van der Waals surface area (Å²) in [4.78, 5) is 32.0. The molecular weight excluding hydrogens is 342 g/mol. The first-order chi connectivity index (χ1) is 13.1. The summed E-state index contributed by atoms with van der Waals surface area (Å²) in [6.07, 6.45) is 0.0709. The Morgan fingerprint density at radius 2 is 1.67 bits per heavy atom. The SMILES string of the molecule is O=C(O)N1C(=O)C(Cc2ccccc2)N2CC1C2=NCCc1ccccc1. The summed E-state index contributed by atoms with van der Waals surface area (Å²) >= 11 is 0. The number of benzene rings is 2. The number of piperazine rings is 2. The van der Waals surface area contributed by atoms with E-state index in [4.69, 9.17) is 0 Å². The number of fused-ring (bicyclic) bond motifs is 2. The van der Waals surface area contributed by atoms with Crippen molar-refractivity contribution < 1.29 is 14.7 Å². The van der Waals surface area contributed by atoms with Crippen LogP contribution in [0.3, 0.4) is 0 Å². The zero-order valence-electron chi connectivity index (χ0n) is 14.9. The fraction of sp³-hybridized carbons (Fsp3) is 0.286. The zero-order chi connectivity index (χ0) is 18.8. The van der Waals surface area contributed by atoms with E-state index in [2.05, 4.69) is 4.99 Å². The first-order valence-corrected chi connectivity index (χ1v) is 9.10. The van der Waals surface area contributed by atoms with Crippen LogP contribution in [0, 0.1) is 0 Å². The Labute approximate surface area is 157 Å². The molecule has 2 atom stereocenters. The first-order valence-electron chi connectivity index (χ1n) is 9.10. The maximum atomic E-state index is 12.7. The highest BCUT2D eigenvalue weighted by atomic mass is 16.4. The quantitative estimate of drug-likeness (QED) is 0.886. The van der Waals surface area contributed by atoms with E-state index in [-0.39, 0.29) is 5.91 Å². The second-order valence-corrected chi connectivity index (χ2v) is 6.84. The Kier molecular flexibility index (Phi) is 4.62. The summed E-state index contributed by atoms with van der Waals surface area (Å²) in [5, 5.41) is 9.54. The Hall–Kier alpha value is -3.15. The third-order valence-electron chi connectivity index (χ3n) is 5.17. The lowest BCUT2D eigenvalue weighted by Gasteiger charge is -2.54. The second kappa shape index (κ2) is 7.23. The smallest absolute Gasteiger partial charge is 0.414 e. The topological polar surface area (TPSA) is 73.2 Å². The molecule has 2 aromatic carbocycles. The number of aliphatic imine (C=N–C) groups is 1. The first kappa shape index (κ1) is 17.3. The molecule has 2 aromatic rings. The normalized spacial score (nSPS) is 22.7. The molecule has 0 radical (unpaired) electrons. The molecule has 2 amide bonds. The van der Waals surface area contributed by atoms with Crippen molar-refractivity contribution in [3.63, 3.8) is 0 Å². The molecule has 3 aliphatic rings. The van der Waals surface area contributed by atoms with Crippen molar-refractivity contribution >= 4 is 17.8 Å². The van der Waals surface area contributed by atoms with E-state index in [1.807, 2.05) is 65.6 Å². The highest BCUT2D eigenvalue weighted by Gasteiger charge is 2.55. The lowest BCUT2D eigenvalue weighted by molar-refractivity contribution is -0.142. The van der Waals surface area contributed by atoms with Crippen LogP contribution in [0.15, 0.2) is 65.7 Å². The van der Waals surface area contributed by atoms with Gasteiger partial charge in [0.15, 0.2) is 0 Å². The van der Waals surface area contributed by atoms with Crippen LogP contribution in [0.5, 0.6) is 0 Å². The van der Waals surface area contributed by atoms with Gasteiger partial charge in [0.05, 0.1) is 0 Å². The van der Waals surface area contributed by atoms with Crippen molar-refractivity contribution in [1.82, 2.24) is 9.80 Å². The fourth-order valence-electron chi connectivity index (χ4n) is 3.77. The molecule has 3 aliphatic heterocycles. The van der Waals surface area contributed by atoms with Crippen molar-refractivity contribution in [2.75, 3.05) is 13.1 Å². The molecule has 138 valence electrons. The lowest BCUT2D eigenvalue weighted by Crippen LogP contribution is -2.77. The molecule has 0 aromatic heterocycles. The van der Waals surface area contributed by atoms with Crippen molar-refractivity contribution in [3.05, 3.63) is 71.8 Å². The second-order valence-electron chi connectivity index (χ2n) is 6.84. The molecule has 2 unspecified atom stereocenters. The summed E-state index contributed by atoms with van der Waals surface area (Å²) in [7, 11) is 0. The molecule has 1 N–H and O–H groups in total. The summed E-state index contributed by atoms with van der Waals surface area (Å²) in [6.45, 7) is 1.10. The molecule has 3 saturated heterocycles. The van der Waals surface area contributed by atoms with Gasteiger partial charge in [-0.15, -0.1) is 0 Å². The molecule has 0 saturated carbocycles. The number of amidine groups is 1. The minimum Gasteiger partial charge on any atom is -0.465 e. The zero-order valence-corrected chi connectivity index (χ0v) is 14.9. The van der Waals surface area contributed by atoms with E-state index in [0.29, 0.717) is 25.3 Å². The van der Waals surface area contributed by atoms with Crippen molar-refractivity contribution in [2.24, 2.45) is 4.99 Å². The van der Waals surface area contributed by atoms with Gasteiger partial charge < -0.3 is 10.0 Å². The van der Waals surface area contributed by atoms with Gasteiger partial charge in [0, 0.05) is 19.5 Å². The maximum Gasteiger partial charge on any atom is 0.414 e. The minimum absolute atomic E-state index is 0.357. The van der Waals surface area contributed by atoms with Crippen LogP contribution in [0.4, 0.5) is 4.79 Å². The average Bonchev–Trinajstić information content (AvgIpc) is 2.67. The Bertz CT molecular complexity index is 867. The molecule has 0 spiro atoms. The van der Waals surface area contributed by atoms with Crippen LogP contribution >= 0.6 is 0 Å². The van der Waals surface area contributed by atoms with Gasteiger partial charge in [-0.25, -0.2) is 9.69 Å². The van der Waals surface area contributed by atoms with E-state index >= 15 is 0 Å². The van der Waals surface area contributed by atoms with Crippen molar-refractivity contribution in [2.45, 2.75) is 24.9 Å². The van der Waals surface area contributed by atoms with Crippen molar-refractivity contribution in [3.8, 4) is 0 Å².